The predicted molar refractivity (Wildman–Crippen MR) is 104 cm³/mol. The summed E-state index contributed by atoms with van der Waals surface area (Å²) in [5.74, 6) is 0.851. The van der Waals surface area contributed by atoms with E-state index in [2.05, 4.69) is 15.4 Å². The lowest BCUT2D eigenvalue weighted by molar-refractivity contribution is -0.137. The largest absolute Gasteiger partial charge is 0.480 e. The standard InChI is InChI=1S/C20H20F3N5O2/c1-19(2,30-13-10-8-12(9-11-13)16(24)27-29)18-26-25-17(28(18)3)14-6-4-5-7-15(14)20(21,22)23/h4-11,29H,1-3H3,(H2,24,27). The normalized spacial score (nSPS) is 12.8. The molecule has 3 N–H and O–H groups in total. The highest BCUT2D eigenvalue weighted by atomic mass is 19.4. The predicted octanol–water partition coefficient (Wildman–Crippen LogP) is 3.91. The van der Waals surface area contributed by atoms with Gasteiger partial charge in [-0.15, -0.1) is 10.2 Å². The fraction of sp³-hybridized carbons (Fsp3) is 0.250. The van der Waals surface area contributed by atoms with Crippen molar-refractivity contribution in [2.45, 2.75) is 25.6 Å². The second-order valence-corrected chi connectivity index (χ2v) is 7.07. The molecule has 1 aromatic heterocycles. The summed E-state index contributed by atoms with van der Waals surface area (Å²) in [5, 5.41) is 19.7. The number of alkyl halides is 3. The van der Waals surface area contributed by atoms with Crippen molar-refractivity contribution in [3.8, 4) is 17.1 Å². The summed E-state index contributed by atoms with van der Waals surface area (Å²) >= 11 is 0. The average Bonchev–Trinajstić information content (AvgIpc) is 3.09. The highest BCUT2D eigenvalue weighted by molar-refractivity contribution is 5.97. The zero-order valence-corrected chi connectivity index (χ0v) is 16.5. The molecule has 0 fully saturated rings. The molecule has 0 aliphatic heterocycles. The maximum Gasteiger partial charge on any atom is 0.417 e. The molecular weight excluding hydrogens is 399 g/mol. The lowest BCUT2D eigenvalue weighted by Crippen LogP contribution is -2.29. The Bertz CT molecular complexity index is 1070. The van der Waals surface area contributed by atoms with Crippen molar-refractivity contribution in [2.75, 3.05) is 0 Å². The molecule has 0 radical (unpaired) electrons. The minimum absolute atomic E-state index is 0.0397. The molecule has 0 spiro atoms. The van der Waals surface area contributed by atoms with Gasteiger partial charge in [-0.05, 0) is 44.2 Å². The fourth-order valence-electron chi connectivity index (χ4n) is 3.11. The van der Waals surface area contributed by atoms with Crippen LogP contribution < -0.4 is 10.5 Å². The number of nitrogens with zero attached hydrogens (tertiary/aromatic N) is 4. The first-order valence-electron chi connectivity index (χ1n) is 8.88. The number of benzene rings is 2. The molecule has 7 nitrogen and oxygen atoms in total. The number of rotatable bonds is 5. The molecule has 3 rings (SSSR count). The van der Waals surface area contributed by atoms with E-state index in [-0.39, 0.29) is 17.2 Å². The molecule has 158 valence electrons. The Morgan fingerprint density at radius 1 is 1.07 bits per heavy atom. The molecule has 0 saturated heterocycles. The van der Waals surface area contributed by atoms with Crippen molar-refractivity contribution in [1.82, 2.24) is 14.8 Å². The molecule has 0 bridgehead atoms. The third-order valence-electron chi connectivity index (χ3n) is 4.52. The number of halogens is 3. The summed E-state index contributed by atoms with van der Waals surface area (Å²) < 4.78 is 47.7. The van der Waals surface area contributed by atoms with E-state index in [1.54, 1.807) is 45.2 Å². The van der Waals surface area contributed by atoms with Gasteiger partial charge in [0.25, 0.3) is 0 Å². The third kappa shape index (κ3) is 4.07. The van der Waals surface area contributed by atoms with Crippen molar-refractivity contribution in [3.05, 3.63) is 65.5 Å². The molecule has 3 aromatic rings. The Balaban J connectivity index is 1.93. The van der Waals surface area contributed by atoms with E-state index >= 15 is 0 Å². The van der Waals surface area contributed by atoms with Gasteiger partial charge < -0.3 is 20.2 Å². The molecule has 2 aromatic carbocycles. The Hall–Kier alpha value is -3.56. The van der Waals surface area contributed by atoms with Gasteiger partial charge in [0.05, 0.1) is 5.56 Å². The summed E-state index contributed by atoms with van der Waals surface area (Å²) in [4.78, 5) is 0. The number of oxime groups is 1. The molecule has 0 unspecified atom stereocenters. The molecule has 30 heavy (non-hydrogen) atoms. The monoisotopic (exact) mass is 419 g/mol. The second kappa shape index (κ2) is 7.69. The van der Waals surface area contributed by atoms with Crippen molar-refractivity contribution >= 4 is 5.84 Å². The Kier molecular flexibility index (Phi) is 5.43. The number of ether oxygens (including phenoxy) is 1. The number of hydrogen-bond donors (Lipinski definition) is 2. The number of hydrogen-bond acceptors (Lipinski definition) is 5. The lowest BCUT2D eigenvalue weighted by atomic mass is 10.1. The number of aromatic nitrogens is 3. The highest BCUT2D eigenvalue weighted by Gasteiger charge is 2.36. The van der Waals surface area contributed by atoms with E-state index < -0.39 is 17.3 Å². The SMILES string of the molecule is Cn1c(-c2ccccc2C(F)(F)F)nnc1C(C)(C)Oc1ccc(C(N)=NO)cc1. The van der Waals surface area contributed by atoms with Gasteiger partial charge >= 0.3 is 6.18 Å². The summed E-state index contributed by atoms with van der Waals surface area (Å²) in [6, 6.07) is 11.7. The van der Waals surface area contributed by atoms with E-state index in [1.807, 2.05) is 0 Å². The van der Waals surface area contributed by atoms with Crippen LogP contribution in [0.25, 0.3) is 11.4 Å². The molecular formula is C20H20F3N5O2. The summed E-state index contributed by atoms with van der Waals surface area (Å²) in [6.07, 6.45) is -4.52. The molecule has 0 aliphatic rings. The van der Waals surface area contributed by atoms with Gasteiger partial charge in [0.2, 0.25) is 0 Å². The van der Waals surface area contributed by atoms with Crippen LogP contribution in [0.15, 0.2) is 53.7 Å². The van der Waals surface area contributed by atoms with Crippen LogP contribution >= 0.6 is 0 Å². The quantitative estimate of drug-likeness (QED) is 0.283. The fourth-order valence-corrected chi connectivity index (χ4v) is 3.11. The van der Waals surface area contributed by atoms with Crippen LogP contribution in [0.2, 0.25) is 0 Å². The third-order valence-corrected chi connectivity index (χ3v) is 4.52. The zero-order valence-electron chi connectivity index (χ0n) is 16.5. The summed E-state index contributed by atoms with van der Waals surface area (Å²) in [6.45, 7) is 3.46. The van der Waals surface area contributed by atoms with Crippen LogP contribution in [0, 0.1) is 0 Å². The van der Waals surface area contributed by atoms with Crippen LogP contribution in [-0.4, -0.2) is 25.8 Å². The molecule has 0 saturated carbocycles. The lowest BCUT2D eigenvalue weighted by Gasteiger charge is -2.25. The Labute approximate surface area is 170 Å². The topological polar surface area (TPSA) is 98.5 Å². The average molecular weight is 419 g/mol. The maximum absolute atomic E-state index is 13.4. The second-order valence-electron chi connectivity index (χ2n) is 7.07. The summed E-state index contributed by atoms with van der Waals surface area (Å²) in [5.41, 5.74) is 4.19. The molecule has 0 amide bonds. The number of nitrogens with two attached hydrogens (primary N) is 1. The van der Waals surface area contributed by atoms with Crippen LogP contribution in [0.1, 0.15) is 30.8 Å². The first-order chi connectivity index (χ1) is 14.0. The number of amidine groups is 1. The van der Waals surface area contributed by atoms with E-state index in [9.17, 15) is 13.2 Å². The van der Waals surface area contributed by atoms with E-state index in [1.165, 1.54) is 22.8 Å². The van der Waals surface area contributed by atoms with Gasteiger partial charge in [-0.2, -0.15) is 13.2 Å². The van der Waals surface area contributed by atoms with Crippen molar-refractivity contribution in [3.63, 3.8) is 0 Å². The van der Waals surface area contributed by atoms with Crippen molar-refractivity contribution < 1.29 is 23.1 Å². The maximum atomic E-state index is 13.4. The Morgan fingerprint density at radius 3 is 2.30 bits per heavy atom. The van der Waals surface area contributed by atoms with Gasteiger partial charge in [0.15, 0.2) is 23.1 Å². The van der Waals surface area contributed by atoms with Gasteiger partial charge in [0.1, 0.15) is 5.75 Å². The molecule has 10 heteroatoms. The van der Waals surface area contributed by atoms with E-state index in [0.717, 1.165) is 6.07 Å². The van der Waals surface area contributed by atoms with E-state index in [0.29, 0.717) is 17.1 Å². The van der Waals surface area contributed by atoms with Gasteiger partial charge in [-0.25, -0.2) is 0 Å². The molecule has 1 heterocycles. The zero-order chi connectivity index (χ0) is 22.1. The van der Waals surface area contributed by atoms with Gasteiger partial charge in [-0.1, -0.05) is 23.4 Å². The van der Waals surface area contributed by atoms with Crippen LogP contribution in [-0.2, 0) is 18.8 Å². The van der Waals surface area contributed by atoms with Crippen LogP contribution in [0.5, 0.6) is 5.75 Å². The van der Waals surface area contributed by atoms with Crippen LogP contribution in [0.3, 0.4) is 0 Å². The minimum atomic E-state index is -4.52. The van der Waals surface area contributed by atoms with Gasteiger partial charge in [0, 0.05) is 18.2 Å². The highest BCUT2D eigenvalue weighted by Crippen LogP contribution is 2.37. The van der Waals surface area contributed by atoms with Crippen LogP contribution in [0.4, 0.5) is 13.2 Å². The summed E-state index contributed by atoms with van der Waals surface area (Å²) in [7, 11) is 1.59. The molecule has 0 aliphatic carbocycles. The molecule has 0 atom stereocenters. The van der Waals surface area contributed by atoms with Gasteiger partial charge in [-0.3, -0.25) is 0 Å². The Morgan fingerprint density at radius 2 is 1.70 bits per heavy atom. The first kappa shape index (κ1) is 21.2. The van der Waals surface area contributed by atoms with E-state index in [4.69, 9.17) is 15.7 Å². The minimum Gasteiger partial charge on any atom is -0.480 e. The van der Waals surface area contributed by atoms with Crippen molar-refractivity contribution in [1.29, 1.82) is 0 Å². The first-order valence-corrected chi connectivity index (χ1v) is 8.88. The van der Waals surface area contributed by atoms with Crippen molar-refractivity contribution in [2.24, 2.45) is 17.9 Å². The smallest absolute Gasteiger partial charge is 0.417 e.